The second-order valence-corrected chi connectivity index (χ2v) is 7.86. The first kappa shape index (κ1) is 16.4. The van der Waals surface area contributed by atoms with Crippen LogP contribution in [0, 0.1) is 0 Å². The molecular formula is C18H18N4OS2. The average molecular weight is 371 g/mol. The molecule has 1 aromatic carbocycles. The number of hydrogen-bond donors (Lipinski definition) is 1. The van der Waals surface area contributed by atoms with Crippen LogP contribution in [0.4, 0.5) is 5.69 Å². The number of para-hydroxylation sites is 1. The number of aromatic nitrogens is 3. The van der Waals surface area contributed by atoms with E-state index in [9.17, 15) is 4.79 Å². The normalized spacial score (nSPS) is 13.7. The van der Waals surface area contributed by atoms with Gasteiger partial charge >= 0.3 is 0 Å². The molecule has 4 rings (SSSR count). The van der Waals surface area contributed by atoms with Crippen LogP contribution in [0.3, 0.4) is 0 Å². The van der Waals surface area contributed by atoms with E-state index in [0.29, 0.717) is 10.9 Å². The number of carbonyl (C=O) groups is 1. The highest BCUT2D eigenvalue weighted by molar-refractivity contribution is 7.99. The number of amides is 1. The number of carbonyl (C=O) groups excluding carboxylic acids is 1. The van der Waals surface area contributed by atoms with Crippen LogP contribution in [0.5, 0.6) is 0 Å². The minimum Gasteiger partial charge on any atom is -0.311 e. The van der Waals surface area contributed by atoms with Gasteiger partial charge in [-0.3, -0.25) is 9.89 Å². The summed E-state index contributed by atoms with van der Waals surface area (Å²) < 4.78 is 0. The summed E-state index contributed by atoms with van der Waals surface area (Å²) in [5, 5.41) is 9.86. The van der Waals surface area contributed by atoms with E-state index in [4.69, 9.17) is 0 Å². The number of benzene rings is 1. The maximum Gasteiger partial charge on any atom is 0.237 e. The van der Waals surface area contributed by atoms with Crippen molar-refractivity contribution in [3.63, 3.8) is 0 Å². The zero-order chi connectivity index (χ0) is 17.1. The lowest BCUT2D eigenvalue weighted by molar-refractivity contribution is -0.116. The Kier molecular flexibility index (Phi) is 4.85. The number of anilines is 1. The van der Waals surface area contributed by atoms with E-state index in [-0.39, 0.29) is 5.91 Å². The Morgan fingerprint density at radius 1 is 1.28 bits per heavy atom. The molecule has 0 atom stereocenters. The predicted octanol–water partition coefficient (Wildman–Crippen LogP) is 3.53. The van der Waals surface area contributed by atoms with Crippen LogP contribution in [0.2, 0.25) is 0 Å². The smallest absolute Gasteiger partial charge is 0.237 e. The van der Waals surface area contributed by atoms with Crippen molar-refractivity contribution in [2.75, 3.05) is 17.2 Å². The van der Waals surface area contributed by atoms with Gasteiger partial charge in [0.05, 0.1) is 5.75 Å². The molecule has 25 heavy (non-hydrogen) atoms. The Morgan fingerprint density at radius 2 is 2.20 bits per heavy atom. The minimum absolute atomic E-state index is 0.113. The van der Waals surface area contributed by atoms with E-state index in [1.807, 2.05) is 29.2 Å². The Labute approximate surface area is 154 Å². The quantitative estimate of drug-likeness (QED) is 0.698. The standard InChI is InChI=1S/C18H18N4OS2/c23-17(22-9-3-6-13-5-1-2-8-15(13)22)12-25-18-19-16(20-21-18)11-14-7-4-10-24-14/h1-2,4-5,7-8,10H,3,6,9,11-12H2,(H,19,20,21). The summed E-state index contributed by atoms with van der Waals surface area (Å²) in [6.45, 7) is 0.786. The summed E-state index contributed by atoms with van der Waals surface area (Å²) in [6.07, 6.45) is 2.80. The van der Waals surface area contributed by atoms with Gasteiger partial charge in [0.25, 0.3) is 0 Å². The molecule has 7 heteroatoms. The van der Waals surface area contributed by atoms with E-state index >= 15 is 0 Å². The summed E-state index contributed by atoms with van der Waals surface area (Å²) >= 11 is 3.09. The SMILES string of the molecule is O=C(CSc1n[nH]c(Cc2cccs2)n1)N1CCCc2ccccc21. The largest absolute Gasteiger partial charge is 0.311 e. The predicted molar refractivity (Wildman–Crippen MR) is 101 cm³/mol. The molecule has 0 radical (unpaired) electrons. The van der Waals surface area contributed by atoms with Crippen LogP contribution in [0.25, 0.3) is 0 Å². The summed E-state index contributed by atoms with van der Waals surface area (Å²) in [7, 11) is 0. The van der Waals surface area contributed by atoms with Crippen LogP contribution in [-0.4, -0.2) is 33.4 Å². The fraction of sp³-hybridized carbons (Fsp3) is 0.278. The first-order valence-electron chi connectivity index (χ1n) is 8.24. The summed E-state index contributed by atoms with van der Waals surface area (Å²) in [4.78, 5) is 20.3. The van der Waals surface area contributed by atoms with Crippen molar-refractivity contribution >= 4 is 34.7 Å². The molecule has 128 valence electrons. The highest BCUT2D eigenvalue weighted by Crippen LogP contribution is 2.27. The maximum atomic E-state index is 12.6. The number of H-pyrrole nitrogens is 1. The molecule has 0 bridgehead atoms. The van der Waals surface area contributed by atoms with Crippen molar-refractivity contribution in [3.05, 3.63) is 58.0 Å². The first-order valence-corrected chi connectivity index (χ1v) is 10.1. The van der Waals surface area contributed by atoms with Crippen LogP contribution in [0.1, 0.15) is 22.7 Å². The molecule has 0 unspecified atom stereocenters. The number of aryl methyl sites for hydroxylation is 1. The van der Waals surface area contributed by atoms with Gasteiger partial charge in [-0.2, -0.15) is 0 Å². The topological polar surface area (TPSA) is 61.9 Å². The van der Waals surface area contributed by atoms with Crippen LogP contribution in [-0.2, 0) is 17.6 Å². The number of hydrogen-bond acceptors (Lipinski definition) is 5. The molecule has 1 N–H and O–H groups in total. The van der Waals surface area contributed by atoms with Gasteiger partial charge in [0, 0.05) is 23.5 Å². The van der Waals surface area contributed by atoms with Crippen LogP contribution < -0.4 is 4.90 Å². The second kappa shape index (κ2) is 7.41. The van der Waals surface area contributed by atoms with Gasteiger partial charge in [0.2, 0.25) is 11.1 Å². The summed E-state index contributed by atoms with van der Waals surface area (Å²) in [5.74, 6) is 1.30. The Balaban J connectivity index is 1.37. The van der Waals surface area contributed by atoms with Gasteiger partial charge in [0.1, 0.15) is 5.82 Å². The third kappa shape index (κ3) is 3.77. The highest BCUT2D eigenvalue weighted by atomic mass is 32.2. The third-order valence-electron chi connectivity index (χ3n) is 4.17. The number of aromatic amines is 1. The van der Waals surface area contributed by atoms with E-state index < -0.39 is 0 Å². The fourth-order valence-corrected chi connectivity index (χ4v) is 4.40. The average Bonchev–Trinajstić information content (AvgIpc) is 3.31. The molecule has 0 aliphatic carbocycles. The summed E-state index contributed by atoms with van der Waals surface area (Å²) in [6, 6.07) is 12.3. The van der Waals surface area contributed by atoms with Gasteiger partial charge in [-0.15, -0.1) is 16.4 Å². The molecule has 2 aromatic heterocycles. The monoisotopic (exact) mass is 370 g/mol. The zero-order valence-corrected chi connectivity index (χ0v) is 15.3. The first-order chi connectivity index (χ1) is 12.3. The van der Waals surface area contributed by atoms with E-state index in [0.717, 1.165) is 37.3 Å². The maximum absolute atomic E-state index is 12.6. The number of thiophene rings is 1. The van der Waals surface area contributed by atoms with Gasteiger partial charge in [0.15, 0.2) is 0 Å². The van der Waals surface area contributed by atoms with Crippen molar-refractivity contribution in [2.24, 2.45) is 0 Å². The Hall–Kier alpha value is -2.12. The van der Waals surface area contributed by atoms with Crippen molar-refractivity contribution in [1.82, 2.24) is 15.2 Å². The molecule has 1 amide bonds. The minimum atomic E-state index is 0.113. The second-order valence-electron chi connectivity index (χ2n) is 5.89. The van der Waals surface area contributed by atoms with E-state index in [1.165, 1.54) is 22.2 Å². The molecule has 0 saturated heterocycles. The van der Waals surface area contributed by atoms with Crippen molar-refractivity contribution in [3.8, 4) is 0 Å². The molecule has 1 aliphatic heterocycles. The summed E-state index contributed by atoms with van der Waals surface area (Å²) in [5.41, 5.74) is 2.30. The van der Waals surface area contributed by atoms with Crippen molar-refractivity contribution in [2.45, 2.75) is 24.4 Å². The van der Waals surface area contributed by atoms with Crippen LogP contribution in [0.15, 0.2) is 46.9 Å². The lowest BCUT2D eigenvalue weighted by Crippen LogP contribution is -2.36. The van der Waals surface area contributed by atoms with E-state index in [1.54, 1.807) is 11.3 Å². The number of thioether (sulfide) groups is 1. The molecule has 5 nitrogen and oxygen atoms in total. The lowest BCUT2D eigenvalue weighted by Gasteiger charge is -2.29. The molecule has 3 aromatic rings. The van der Waals surface area contributed by atoms with Crippen molar-refractivity contribution in [1.29, 1.82) is 0 Å². The highest BCUT2D eigenvalue weighted by Gasteiger charge is 2.22. The van der Waals surface area contributed by atoms with Gasteiger partial charge in [-0.1, -0.05) is 36.0 Å². The number of nitrogens with one attached hydrogen (secondary N) is 1. The fourth-order valence-electron chi connectivity index (χ4n) is 3.00. The van der Waals surface area contributed by atoms with E-state index in [2.05, 4.69) is 32.7 Å². The molecule has 3 heterocycles. The Bertz CT molecular complexity index is 860. The molecule has 0 spiro atoms. The number of nitrogens with zero attached hydrogens (tertiary/aromatic N) is 3. The number of fused-ring (bicyclic) bond motifs is 1. The third-order valence-corrected chi connectivity index (χ3v) is 5.88. The molecular weight excluding hydrogens is 352 g/mol. The zero-order valence-electron chi connectivity index (χ0n) is 13.6. The van der Waals surface area contributed by atoms with Gasteiger partial charge in [-0.25, -0.2) is 4.98 Å². The Morgan fingerprint density at radius 3 is 3.08 bits per heavy atom. The molecule has 1 aliphatic rings. The van der Waals surface area contributed by atoms with Gasteiger partial charge in [-0.05, 0) is 35.9 Å². The number of rotatable bonds is 5. The van der Waals surface area contributed by atoms with Crippen molar-refractivity contribution < 1.29 is 4.79 Å². The lowest BCUT2D eigenvalue weighted by atomic mass is 10.0. The van der Waals surface area contributed by atoms with Gasteiger partial charge < -0.3 is 4.90 Å². The molecule has 0 fully saturated rings. The molecule has 0 saturated carbocycles. The van der Waals surface area contributed by atoms with Crippen LogP contribution >= 0.6 is 23.1 Å².